The van der Waals surface area contributed by atoms with Crippen LogP contribution in [0.4, 0.5) is 0 Å². The summed E-state index contributed by atoms with van der Waals surface area (Å²) in [6, 6.07) is 12.6. The Kier molecular flexibility index (Phi) is 7.74. The molecule has 1 N–H and O–H groups in total. The van der Waals surface area contributed by atoms with Crippen molar-refractivity contribution in [3.8, 4) is 11.5 Å². The van der Waals surface area contributed by atoms with Crippen molar-refractivity contribution in [1.29, 1.82) is 0 Å². The lowest BCUT2D eigenvalue weighted by molar-refractivity contribution is 0.243. The van der Waals surface area contributed by atoms with Crippen molar-refractivity contribution >= 4 is 10.9 Å². The highest BCUT2D eigenvalue weighted by Crippen LogP contribution is 2.30. The number of pyridine rings is 1. The molecule has 0 saturated heterocycles. The molecule has 9 heteroatoms. The Morgan fingerprint density at radius 2 is 1.82 bits per heavy atom. The van der Waals surface area contributed by atoms with Gasteiger partial charge in [0.25, 0.3) is 5.56 Å². The number of aryl methyl sites for hydroxylation is 2. The van der Waals surface area contributed by atoms with E-state index in [0.29, 0.717) is 30.6 Å². The first-order valence-corrected chi connectivity index (χ1v) is 13.3. The molecule has 2 heterocycles. The van der Waals surface area contributed by atoms with Crippen LogP contribution in [0.5, 0.6) is 11.5 Å². The van der Waals surface area contributed by atoms with Crippen molar-refractivity contribution in [3.63, 3.8) is 0 Å². The fourth-order valence-electron chi connectivity index (χ4n) is 5.58. The average molecular weight is 517 g/mol. The summed E-state index contributed by atoms with van der Waals surface area (Å²) >= 11 is 0. The number of benzene rings is 2. The maximum Gasteiger partial charge on any atom is 0.252 e. The summed E-state index contributed by atoms with van der Waals surface area (Å²) in [5, 5.41) is 13.8. The second-order valence-electron chi connectivity index (χ2n) is 10.3. The second kappa shape index (κ2) is 11.3. The average Bonchev–Trinajstić information content (AvgIpc) is 3.60. The Labute approximate surface area is 222 Å². The molecule has 0 spiro atoms. The predicted octanol–water partition coefficient (Wildman–Crippen LogP) is 4.51. The number of aromatic amines is 1. The Bertz CT molecular complexity index is 1470. The van der Waals surface area contributed by atoms with E-state index in [1.165, 1.54) is 18.4 Å². The number of methoxy groups -OCH3 is 2. The van der Waals surface area contributed by atoms with E-state index < -0.39 is 0 Å². The third kappa shape index (κ3) is 5.57. The molecule has 2 aromatic carbocycles. The number of ether oxygens (including phenoxy) is 2. The van der Waals surface area contributed by atoms with Gasteiger partial charge < -0.3 is 14.5 Å². The molecule has 0 amide bonds. The van der Waals surface area contributed by atoms with Crippen LogP contribution >= 0.6 is 0 Å². The number of nitrogens with one attached hydrogen (secondary N) is 1. The number of rotatable bonds is 10. The van der Waals surface area contributed by atoms with Crippen molar-refractivity contribution in [2.75, 3.05) is 20.8 Å². The summed E-state index contributed by atoms with van der Waals surface area (Å²) in [4.78, 5) is 18.5. The topological polar surface area (TPSA) is 98.2 Å². The largest absolute Gasteiger partial charge is 0.493 e. The quantitative estimate of drug-likeness (QED) is 0.331. The van der Waals surface area contributed by atoms with Crippen LogP contribution in [0.3, 0.4) is 0 Å². The Morgan fingerprint density at radius 1 is 1.03 bits per heavy atom. The van der Waals surface area contributed by atoms with Crippen LogP contribution in [0.15, 0.2) is 41.2 Å². The molecule has 0 unspecified atom stereocenters. The summed E-state index contributed by atoms with van der Waals surface area (Å²) in [6.07, 6.45) is 5.39. The molecule has 1 aliphatic rings. The summed E-state index contributed by atoms with van der Waals surface area (Å²) in [7, 11) is 3.28. The van der Waals surface area contributed by atoms with Gasteiger partial charge in [0.15, 0.2) is 17.3 Å². The van der Waals surface area contributed by atoms with Crippen molar-refractivity contribution in [2.24, 2.45) is 0 Å². The van der Waals surface area contributed by atoms with Gasteiger partial charge in [-0.3, -0.25) is 9.69 Å². The number of hydrogen-bond donors (Lipinski definition) is 1. The monoisotopic (exact) mass is 516 g/mol. The molecule has 5 rings (SSSR count). The number of nitrogens with zero attached hydrogens (tertiary/aromatic N) is 5. The molecule has 4 aromatic rings. The fourth-order valence-corrected chi connectivity index (χ4v) is 5.58. The predicted molar refractivity (Wildman–Crippen MR) is 147 cm³/mol. The maximum atomic E-state index is 13.2. The van der Waals surface area contributed by atoms with Crippen LogP contribution in [0.25, 0.3) is 10.9 Å². The molecule has 9 nitrogen and oxygen atoms in total. The van der Waals surface area contributed by atoms with Gasteiger partial charge in [0.2, 0.25) is 0 Å². The SMILES string of the molecule is COc1ccc(CCN(Cc2cc3cc(C)cc(C)c3[nH]c2=O)Cc2nnnn2C2CCCC2)cc1OC. The molecule has 0 bridgehead atoms. The van der Waals surface area contributed by atoms with Crippen molar-refractivity contribution in [3.05, 3.63) is 74.8 Å². The zero-order valence-electron chi connectivity index (χ0n) is 22.7. The third-order valence-corrected chi connectivity index (χ3v) is 7.53. The fraction of sp³-hybridized carbons (Fsp3) is 0.448. The summed E-state index contributed by atoms with van der Waals surface area (Å²) < 4.78 is 12.9. The number of hydrogen-bond acceptors (Lipinski definition) is 7. The van der Waals surface area contributed by atoms with E-state index in [4.69, 9.17) is 9.47 Å². The van der Waals surface area contributed by atoms with Crippen LogP contribution in [-0.4, -0.2) is 50.9 Å². The van der Waals surface area contributed by atoms with E-state index in [2.05, 4.69) is 50.5 Å². The van der Waals surface area contributed by atoms with Gasteiger partial charge in [-0.25, -0.2) is 4.68 Å². The Hall–Kier alpha value is -3.72. The zero-order chi connectivity index (χ0) is 26.6. The van der Waals surface area contributed by atoms with Gasteiger partial charge in [-0.1, -0.05) is 30.5 Å². The van der Waals surface area contributed by atoms with Gasteiger partial charge in [-0.15, -0.1) is 5.10 Å². The highest BCUT2D eigenvalue weighted by atomic mass is 16.5. The molecular formula is C29H36N6O3. The lowest BCUT2D eigenvalue weighted by atomic mass is 10.0. The molecule has 0 radical (unpaired) electrons. The third-order valence-electron chi connectivity index (χ3n) is 7.53. The number of fused-ring (bicyclic) bond motifs is 1. The van der Waals surface area contributed by atoms with E-state index in [1.54, 1.807) is 14.2 Å². The van der Waals surface area contributed by atoms with E-state index in [-0.39, 0.29) is 5.56 Å². The van der Waals surface area contributed by atoms with Crippen LogP contribution < -0.4 is 15.0 Å². The van der Waals surface area contributed by atoms with Crippen LogP contribution in [-0.2, 0) is 19.5 Å². The second-order valence-corrected chi connectivity index (χ2v) is 10.3. The minimum atomic E-state index is -0.0593. The van der Waals surface area contributed by atoms with Crippen molar-refractivity contribution in [1.82, 2.24) is 30.1 Å². The minimum absolute atomic E-state index is 0.0593. The Balaban J connectivity index is 1.43. The molecular weight excluding hydrogens is 480 g/mol. The number of H-pyrrole nitrogens is 1. The van der Waals surface area contributed by atoms with E-state index in [9.17, 15) is 4.79 Å². The van der Waals surface area contributed by atoms with Crippen LogP contribution in [0.1, 0.15) is 59.8 Å². The van der Waals surface area contributed by atoms with Crippen LogP contribution in [0, 0.1) is 13.8 Å². The zero-order valence-corrected chi connectivity index (χ0v) is 22.7. The van der Waals surface area contributed by atoms with Gasteiger partial charge in [-0.05, 0) is 84.3 Å². The molecule has 38 heavy (non-hydrogen) atoms. The van der Waals surface area contributed by atoms with E-state index in [0.717, 1.165) is 59.2 Å². The summed E-state index contributed by atoms with van der Waals surface area (Å²) in [5.41, 5.74) is 4.94. The maximum absolute atomic E-state index is 13.2. The van der Waals surface area contributed by atoms with E-state index >= 15 is 0 Å². The first kappa shape index (κ1) is 25.9. The lowest BCUT2D eigenvalue weighted by Crippen LogP contribution is -2.30. The van der Waals surface area contributed by atoms with Gasteiger partial charge >= 0.3 is 0 Å². The normalized spacial score (nSPS) is 14.0. The smallest absolute Gasteiger partial charge is 0.252 e. The first-order valence-electron chi connectivity index (χ1n) is 13.3. The molecule has 1 saturated carbocycles. The van der Waals surface area contributed by atoms with E-state index in [1.807, 2.05) is 29.8 Å². The lowest BCUT2D eigenvalue weighted by Gasteiger charge is -2.23. The molecule has 1 aliphatic carbocycles. The number of aromatic nitrogens is 5. The first-order chi connectivity index (χ1) is 18.4. The molecule has 2 aromatic heterocycles. The van der Waals surface area contributed by atoms with Gasteiger partial charge in [-0.2, -0.15) is 0 Å². The molecule has 0 atom stereocenters. The highest BCUT2D eigenvalue weighted by molar-refractivity contribution is 5.82. The summed E-state index contributed by atoms with van der Waals surface area (Å²) in [6.45, 7) is 5.88. The minimum Gasteiger partial charge on any atom is -0.493 e. The van der Waals surface area contributed by atoms with Crippen LogP contribution in [0.2, 0.25) is 0 Å². The van der Waals surface area contributed by atoms with Crippen molar-refractivity contribution in [2.45, 2.75) is 65.1 Å². The Morgan fingerprint density at radius 3 is 2.58 bits per heavy atom. The number of tetrazole rings is 1. The summed E-state index contributed by atoms with van der Waals surface area (Å²) in [5.74, 6) is 2.25. The molecule has 200 valence electrons. The van der Waals surface area contributed by atoms with Crippen molar-refractivity contribution < 1.29 is 9.47 Å². The standard InChI is InChI=1S/C29H36N6O3/c1-19-13-20(2)28-22(14-19)16-23(29(36)30-28)17-34(12-11-21-9-10-25(37-3)26(15-21)38-4)18-27-31-32-33-35(27)24-7-5-6-8-24/h9-10,13-16,24H,5-8,11-12,17-18H2,1-4H3,(H,30,36). The highest BCUT2D eigenvalue weighted by Gasteiger charge is 2.23. The van der Waals surface area contributed by atoms with Gasteiger partial charge in [0.1, 0.15) is 0 Å². The molecule has 0 aliphatic heterocycles. The van der Waals surface area contributed by atoms with Gasteiger partial charge in [0.05, 0.1) is 32.3 Å². The molecule has 1 fully saturated rings. The van der Waals surface area contributed by atoms with Gasteiger partial charge in [0, 0.05) is 18.7 Å².